The van der Waals surface area contributed by atoms with E-state index in [4.69, 9.17) is 16.3 Å². The van der Waals surface area contributed by atoms with Gasteiger partial charge in [-0.1, -0.05) is 41.9 Å². The minimum absolute atomic E-state index is 0.656. The third-order valence-electron chi connectivity index (χ3n) is 2.53. The summed E-state index contributed by atoms with van der Waals surface area (Å²) in [5.41, 5.74) is 2.26. The van der Waals surface area contributed by atoms with Crippen molar-refractivity contribution < 1.29 is 4.74 Å². The van der Waals surface area contributed by atoms with Gasteiger partial charge in [-0.15, -0.1) is 0 Å². The summed E-state index contributed by atoms with van der Waals surface area (Å²) in [5, 5.41) is 4.03. The molecule has 0 unspecified atom stereocenters. The molecule has 0 atom stereocenters. The lowest BCUT2D eigenvalue weighted by Gasteiger charge is -2.07. The van der Waals surface area contributed by atoms with Gasteiger partial charge in [0.25, 0.3) is 0 Å². The first-order chi connectivity index (χ1) is 8.84. The van der Waals surface area contributed by atoms with Crippen molar-refractivity contribution in [3.63, 3.8) is 0 Å². The number of anilines is 1. The average molecular weight is 262 g/mol. The van der Waals surface area contributed by atoms with Crippen LogP contribution in [0.25, 0.3) is 0 Å². The molecule has 18 heavy (non-hydrogen) atoms. The molecule has 0 saturated heterocycles. The summed E-state index contributed by atoms with van der Waals surface area (Å²) >= 11 is 5.81. The van der Waals surface area contributed by atoms with Gasteiger partial charge in [0, 0.05) is 17.3 Å². The van der Waals surface area contributed by atoms with Crippen molar-refractivity contribution in [2.75, 3.05) is 18.5 Å². The smallest absolute Gasteiger partial charge is 0.0717 e. The Kier molecular flexibility index (Phi) is 5.06. The van der Waals surface area contributed by atoms with Crippen LogP contribution in [0.15, 0.2) is 54.6 Å². The molecule has 1 N–H and O–H groups in total. The molecular weight excluding hydrogens is 246 g/mol. The maximum atomic E-state index is 5.81. The number of halogens is 1. The molecule has 0 aromatic heterocycles. The number of rotatable bonds is 6. The first-order valence-corrected chi connectivity index (χ1v) is 6.33. The zero-order chi connectivity index (χ0) is 12.6. The van der Waals surface area contributed by atoms with Crippen molar-refractivity contribution in [1.29, 1.82) is 0 Å². The fraction of sp³-hybridized carbons (Fsp3) is 0.200. The van der Waals surface area contributed by atoms with Gasteiger partial charge in [-0.25, -0.2) is 0 Å². The molecule has 2 aromatic carbocycles. The van der Waals surface area contributed by atoms with E-state index in [0.717, 1.165) is 17.3 Å². The first-order valence-electron chi connectivity index (χ1n) is 5.96. The Hall–Kier alpha value is -1.51. The summed E-state index contributed by atoms with van der Waals surface area (Å²) in [6.45, 7) is 2.12. The van der Waals surface area contributed by atoms with Crippen LogP contribution in [0.5, 0.6) is 0 Å². The van der Waals surface area contributed by atoms with E-state index in [2.05, 4.69) is 17.4 Å². The van der Waals surface area contributed by atoms with Crippen LogP contribution in [0.3, 0.4) is 0 Å². The van der Waals surface area contributed by atoms with Gasteiger partial charge in [-0.3, -0.25) is 0 Å². The van der Waals surface area contributed by atoms with Crippen LogP contribution in [-0.4, -0.2) is 13.2 Å². The number of hydrogen-bond donors (Lipinski definition) is 1. The molecule has 0 aliphatic rings. The van der Waals surface area contributed by atoms with E-state index < -0.39 is 0 Å². The fourth-order valence-electron chi connectivity index (χ4n) is 1.60. The number of benzene rings is 2. The third kappa shape index (κ3) is 4.40. The first kappa shape index (κ1) is 12.9. The molecule has 0 fully saturated rings. The molecule has 0 spiro atoms. The van der Waals surface area contributed by atoms with Crippen LogP contribution in [0.2, 0.25) is 5.02 Å². The summed E-state index contributed by atoms with van der Waals surface area (Å²) in [7, 11) is 0. The van der Waals surface area contributed by atoms with Gasteiger partial charge in [0.15, 0.2) is 0 Å². The number of nitrogens with one attached hydrogen (secondary N) is 1. The van der Waals surface area contributed by atoms with Gasteiger partial charge >= 0.3 is 0 Å². The molecule has 0 heterocycles. The van der Waals surface area contributed by atoms with E-state index in [9.17, 15) is 0 Å². The van der Waals surface area contributed by atoms with Crippen molar-refractivity contribution in [2.24, 2.45) is 0 Å². The van der Waals surface area contributed by atoms with E-state index in [-0.39, 0.29) is 0 Å². The summed E-state index contributed by atoms with van der Waals surface area (Å²) in [5.74, 6) is 0. The normalized spacial score (nSPS) is 10.3. The van der Waals surface area contributed by atoms with Crippen molar-refractivity contribution in [1.82, 2.24) is 0 Å². The zero-order valence-electron chi connectivity index (χ0n) is 10.1. The Labute approximate surface area is 113 Å². The van der Waals surface area contributed by atoms with Crippen molar-refractivity contribution in [3.8, 4) is 0 Å². The highest BCUT2D eigenvalue weighted by Crippen LogP contribution is 2.12. The Morgan fingerprint density at radius 3 is 2.39 bits per heavy atom. The van der Waals surface area contributed by atoms with E-state index in [1.165, 1.54) is 5.56 Å². The van der Waals surface area contributed by atoms with Crippen LogP contribution in [0.1, 0.15) is 5.56 Å². The van der Waals surface area contributed by atoms with E-state index in [0.29, 0.717) is 13.2 Å². The van der Waals surface area contributed by atoms with Crippen LogP contribution >= 0.6 is 11.6 Å². The predicted octanol–water partition coefficient (Wildman–Crippen LogP) is 3.97. The minimum Gasteiger partial charge on any atom is -0.383 e. The summed E-state index contributed by atoms with van der Waals surface area (Å²) < 4.78 is 5.58. The molecule has 94 valence electrons. The number of hydrogen-bond acceptors (Lipinski definition) is 2. The zero-order valence-corrected chi connectivity index (χ0v) is 10.9. The lowest BCUT2D eigenvalue weighted by molar-refractivity contribution is 0.130. The van der Waals surface area contributed by atoms with Gasteiger partial charge in [0.2, 0.25) is 0 Å². The maximum Gasteiger partial charge on any atom is 0.0717 e. The maximum absolute atomic E-state index is 5.81. The molecule has 3 heteroatoms. The van der Waals surface area contributed by atoms with Crippen molar-refractivity contribution in [2.45, 2.75) is 6.61 Å². The van der Waals surface area contributed by atoms with Crippen LogP contribution in [-0.2, 0) is 11.3 Å². The quantitative estimate of drug-likeness (QED) is 0.795. The largest absolute Gasteiger partial charge is 0.383 e. The third-order valence-corrected chi connectivity index (χ3v) is 2.78. The fourth-order valence-corrected chi connectivity index (χ4v) is 1.73. The minimum atomic E-state index is 0.656. The molecule has 2 rings (SSSR count). The topological polar surface area (TPSA) is 21.3 Å². The predicted molar refractivity (Wildman–Crippen MR) is 76.0 cm³/mol. The highest BCUT2D eigenvalue weighted by Gasteiger charge is 1.93. The van der Waals surface area contributed by atoms with E-state index in [1.54, 1.807) is 0 Å². The molecule has 0 aliphatic carbocycles. The van der Waals surface area contributed by atoms with E-state index in [1.807, 2.05) is 42.5 Å². The molecule has 0 amide bonds. The second-order valence-corrected chi connectivity index (χ2v) is 4.41. The van der Waals surface area contributed by atoms with Gasteiger partial charge in [0.05, 0.1) is 13.2 Å². The molecular formula is C15H16ClNO. The van der Waals surface area contributed by atoms with Crippen LogP contribution < -0.4 is 5.32 Å². The van der Waals surface area contributed by atoms with Gasteiger partial charge in [-0.2, -0.15) is 0 Å². The molecule has 0 bridgehead atoms. The lowest BCUT2D eigenvalue weighted by atomic mass is 10.2. The Balaban J connectivity index is 1.63. The number of ether oxygens (including phenoxy) is 1. The molecule has 0 radical (unpaired) electrons. The van der Waals surface area contributed by atoms with Crippen LogP contribution in [0.4, 0.5) is 5.69 Å². The average Bonchev–Trinajstić information content (AvgIpc) is 2.42. The second-order valence-electron chi connectivity index (χ2n) is 3.97. The standard InChI is InChI=1S/C15H16ClNO/c16-14-6-8-15(9-7-14)17-10-11-18-12-13-4-2-1-3-5-13/h1-9,17H,10-12H2. The lowest BCUT2D eigenvalue weighted by Crippen LogP contribution is -2.09. The van der Waals surface area contributed by atoms with Crippen LogP contribution in [0, 0.1) is 0 Å². The summed E-state index contributed by atoms with van der Waals surface area (Å²) in [4.78, 5) is 0. The summed E-state index contributed by atoms with van der Waals surface area (Å²) in [6.07, 6.45) is 0. The molecule has 0 saturated carbocycles. The van der Waals surface area contributed by atoms with Crippen molar-refractivity contribution in [3.05, 3.63) is 65.2 Å². The monoisotopic (exact) mass is 261 g/mol. The SMILES string of the molecule is Clc1ccc(NCCOCc2ccccc2)cc1. The van der Waals surface area contributed by atoms with Crippen molar-refractivity contribution >= 4 is 17.3 Å². The van der Waals surface area contributed by atoms with Gasteiger partial charge in [0.1, 0.15) is 0 Å². The summed E-state index contributed by atoms with van der Waals surface area (Å²) in [6, 6.07) is 17.8. The molecule has 2 aromatic rings. The highest BCUT2D eigenvalue weighted by atomic mass is 35.5. The molecule has 2 nitrogen and oxygen atoms in total. The van der Waals surface area contributed by atoms with Gasteiger partial charge < -0.3 is 10.1 Å². The van der Waals surface area contributed by atoms with E-state index >= 15 is 0 Å². The Bertz CT molecular complexity index is 456. The second kappa shape index (κ2) is 7.04. The van der Waals surface area contributed by atoms with Gasteiger partial charge in [-0.05, 0) is 29.8 Å². The Morgan fingerprint density at radius 2 is 1.67 bits per heavy atom. The highest BCUT2D eigenvalue weighted by molar-refractivity contribution is 6.30. The molecule has 0 aliphatic heterocycles. The Morgan fingerprint density at radius 1 is 0.944 bits per heavy atom.